The normalized spacial score (nSPS) is 10.3. The summed E-state index contributed by atoms with van der Waals surface area (Å²) in [5, 5.41) is 0. The van der Waals surface area contributed by atoms with Gasteiger partial charge in [0.1, 0.15) is 5.69 Å². The molecule has 2 aromatic heterocycles. The molecule has 2 N–H and O–H groups in total. The van der Waals surface area contributed by atoms with Crippen LogP contribution >= 0.6 is 0 Å². The van der Waals surface area contributed by atoms with Gasteiger partial charge in [0.05, 0.1) is 0 Å². The lowest BCUT2D eigenvalue weighted by atomic mass is 10.1. The number of aromatic amines is 2. The topological polar surface area (TPSA) is 78.6 Å². The maximum Gasteiger partial charge on any atom is 0.323 e. The van der Waals surface area contributed by atoms with Crippen molar-refractivity contribution >= 4 is 5.78 Å². The third-order valence-corrected chi connectivity index (χ3v) is 2.31. The van der Waals surface area contributed by atoms with Crippen molar-refractivity contribution < 1.29 is 4.79 Å². The second-order valence-corrected chi connectivity index (χ2v) is 3.36. The van der Waals surface area contributed by atoms with Crippen LogP contribution in [-0.2, 0) is 6.42 Å². The van der Waals surface area contributed by atoms with Crippen molar-refractivity contribution in [3.8, 4) is 0 Å². The highest BCUT2D eigenvalue weighted by molar-refractivity contribution is 6.08. The number of carbonyl (C=O) groups is 1. The number of H-pyrrole nitrogens is 2. The van der Waals surface area contributed by atoms with Crippen molar-refractivity contribution in [2.45, 2.75) is 13.3 Å². The van der Waals surface area contributed by atoms with Crippen LogP contribution in [0.25, 0.3) is 0 Å². The molecule has 0 aromatic carbocycles. The summed E-state index contributed by atoms with van der Waals surface area (Å²) in [4.78, 5) is 32.1. The van der Waals surface area contributed by atoms with Crippen molar-refractivity contribution in [2.24, 2.45) is 0 Å². The molecule has 2 aromatic rings. The molecule has 0 aliphatic rings. The fourth-order valence-corrected chi connectivity index (χ4v) is 1.52. The molecule has 0 amide bonds. The minimum Gasteiger partial charge on any atom is -0.309 e. The summed E-state index contributed by atoms with van der Waals surface area (Å²) in [6.45, 7) is 1.87. The molecule has 0 aliphatic heterocycles. The highest BCUT2D eigenvalue weighted by Crippen LogP contribution is 2.08. The number of hydrogen-bond acceptors (Lipinski definition) is 3. The number of carbonyl (C=O) groups excluding carboxylic acids is 1. The highest BCUT2D eigenvalue weighted by Gasteiger charge is 2.15. The smallest absolute Gasteiger partial charge is 0.309 e. The molecule has 0 radical (unpaired) electrons. The molecule has 16 heavy (non-hydrogen) atoms. The molecule has 0 saturated carbocycles. The van der Waals surface area contributed by atoms with Gasteiger partial charge in [-0.2, -0.15) is 0 Å². The molecule has 0 saturated heterocycles. The largest absolute Gasteiger partial charge is 0.323 e. The Kier molecular flexibility index (Phi) is 2.68. The summed E-state index contributed by atoms with van der Waals surface area (Å²) in [5.74, 6) is -0.219. The number of ketones is 1. The molecular formula is C11H11N3O2. The van der Waals surface area contributed by atoms with Crippen LogP contribution in [0, 0.1) is 0 Å². The molecule has 0 fully saturated rings. The summed E-state index contributed by atoms with van der Waals surface area (Å²) in [7, 11) is 0. The van der Waals surface area contributed by atoms with Crippen molar-refractivity contribution in [1.82, 2.24) is 15.0 Å². The minimum absolute atomic E-state index is 0.219. The number of hydrogen-bond donors (Lipinski definition) is 2. The van der Waals surface area contributed by atoms with Gasteiger partial charge in [-0.25, -0.2) is 4.79 Å². The van der Waals surface area contributed by atoms with Gasteiger partial charge in [-0.3, -0.25) is 9.78 Å². The molecule has 0 aliphatic carbocycles. The molecular weight excluding hydrogens is 206 g/mol. The fourth-order valence-electron chi connectivity index (χ4n) is 1.52. The lowest BCUT2D eigenvalue weighted by Gasteiger charge is -1.99. The quantitative estimate of drug-likeness (QED) is 0.749. The van der Waals surface area contributed by atoms with Gasteiger partial charge in [0.15, 0.2) is 0 Å². The Morgan fingerprint density at radius 3 is 2.88 bits per heavy atom. The van der Waals surface area contributed by atoms with E-state index in [-0.39, 0.29) is 11.5 Å². The average molecular weight is 217 g/mol. The van der Waals surface area contributed by atoms with Gasteiger partial charge in [-0.05, 0) is 18.6 Å². The van der Waals surface area contributed by atoms with Crippen LogP contribution in [0.3, 0.4) is 0 Å². The Balaban J connectivity index is 2.45. The van der Waals surface area contributed by atoms with Gasteiger partial charge >= 0.3 is 5.69 Å². The SMILES string of the molecule is CCc1[nH]c(=O)[nH]c1C(=O)c1cccnc1. The van der Waals surface area contributed by atoms with Gasteiger partial charge < -0.3 is 9.97 Å². The van der Waals surface area contributed by atoms with Gasteiger partial charge in [-0.1, -0.05) is 6.92 Å². The molecule has 0 unspecified atom stereocenters. The van der Waals surface area contributed by atoms with Crippen LogP contribution in [0.5, 0.6) is 0 Å². The molecule has 2 heterocycles. The first-order valence-electron chi connectivity index (χ1n) is 4.98. The van der Waals surface area contributed by atoms with Crippen molar-refractivity contribution in [1.29, 1.82) is 0 Å². The van der Waals surface area contributed by atoms with Crippen LogP contribution in [0.4, 0.5) is 0 Å². The van der Waals surface area contributed by atoms with E-state index in [1.165, 1.54) is 6.20 Å². The summed E-state index contributed by atoms with van der Waals surface area (Å²) in [6.07, 6.45) is 3.67. The van der Waals surface area contributed by atoms with E-state index in [0.29, 0.717) is 23.4 Å². The Morgan fingerprint density at radius 2 is 2.25 bits per heavy atom. The van der Waals surface area contributed by atoms with Crippen LogP contribution in [0.2, 0.25) is 0 Å². The maximum absolute atomic E-state index is 12.0. The number of nitrogens with one attached hydrogen (secondary N) is 2. The van der Waals surface area contributed by atoms with Crippen LogP contribution in [0.1, 0.15) is 28.7 Å². The van der Waals surface area contributed by atoms with Crippen LogP contribution in [-0.4, -0.2) is 20.7 Å². The van der Waals surface area contributed by atoms with Crippen molar-refractivity contribution in [3.63, 3.8) is 0 Å². The van der Waals surface area contributed by atoms with Crippen LogP contribution in [0.15, 0.2) is 29.3 Å². The second-order valence-electron chi connectivity index (χ2n) is 3.36. The van der Waals surface area contributed by atoms with Gasteiger partial charge in [0, 0.05) is 23.7 Å². The number of aryl methyl sites for hydroxylation is 1. The van der Waals surface area contributed by atoms with Gasteiger partial charge in [0.25, 0.3) is 0 Å². The van der Waals surface area contributed by atoms with E-state index in [0.717, 1.165) is 0 Å². The monoisotopic (exact) mass is 217 g/mol. The van der Waals surface area contributed by atoms with E-state index < -0.39 is 0 Å². The number of pyridine rings is 1. The number of imidazole rings is 1. The third kappa shape index (κ3) is 1.79. The molecule has 2 rings (SSSR count). The molecule has 5 heteroatoms. The first-order valence-corrected chi connectivity index (χ1v) is 4.98. The van der Waals surface area contributed by atoms with E-state index in [2.05, 4.69) is 15.0 Å². The Labute approximate surface area is 91.6 Å². The van der Waals surface area contributed by atoms with E-state index in [1.807, 2.05) is 6.92 Å². The average Bonchev–Trinajstić information content (AvgIpc) is 2.70. The number of aromatic nitrogens is 3. The molecule has 5 nitrogen and oxygen atoms in total. The van der Waals surface area contributed by atoms with Crippen LogP contribution < -0.4 is 5.69 Å². The van der Waals surface area contributed by atoms with Gasteiger partial charge in [0.2, 0.25) is 5.78 Å². The summed E-state index contributed by atoms with van der Waals surface area (Å²) >= 11 is 0. The molecule has 0 bridgehead atoms. The highest BCUT2D eigenvalue weighted by atomic mass is 16.1. The minimum atomic E-state index is -0.357. The summed E-state index contributed by atoms with van der Waals surface area (Å²) < 4.78 is 0. The van der Waals surface area contributed by atoms with E-state index in [9.17, 15) is 9.59 Å². The van der Waals surface area contributed by atoms with Crippen molar-refractivity contribution in [2.75, 3.05) is 0 Å². The zero-order valence-electron chi connectivity index (χ0n) is 8.78. The zero-order valence-corrected chi connectivity index (χ0v) is 8.78. The first kappa shape index (κ1) is 10.4. The lowest BCUT2D eigenvalue weighted by Crippen LogP contribution is -2.07. The number of nitrogens with zero attached hydrogens (tertiary/aromatic N) is 1. The maximum atomic E-state index is 12.0. The lowest BCUT2D eigenvalue weighted by molar-refractivity contribution is 0.103. The standard InChI is InChI=1S/C11H11N3O2/c1-2-8-9(14-11(16)13-8)10(15)7-4-3-5-12-6-7/h3-6H,2H2,1H3,(H2,13,14,16). The van der Waals surface area contributed by atoms with Crippen molar-refractivity contribution in [3.05, 3.63) is 52.0 Å². The zero-order chi connectivity index (χ0) is 11.5. The number of rotatable bonds is 3. The third-order valence-electron chi connectivity index (χ3n) is 2.31. The summed E-state index contributed by atoms with van der Waals surface area (Å²) in [5.41, 5.74) is 1.05. The Bertz CT molecular complexity index is 554. The predicted molar refractivity (Wildman–Crippen MR) is 58.5 cm³/mol. The van der Waals surface area contributed by atoms with Gasteiger partial charge in [-0.15, -0.1) is 0 Å². The molecule has 82 valence electrons. The summed E-state index contributed by atoms with van der Waals surface area (Å²) in [6, 6.07) is 3.35. The molecule has 0 spiro atoms. The first-order chi connectivity index (χ1) is 7.72. The second kappa shape index (κ2) is 4.14. The van der Waals surface area contributed by atoms with E-state index >= 15 is 0 Å². The van der Waals surface area contributed by atoms with E-state index in [4.69, 9.17) is 0 Å². The fraction of sp³-hybridized carbons (Fsp3) is 0.182. The Morgan fingerprint density at radius 1 is 1.44 bits per heavy atom. The Hall–Kier alpha value is -2.17. The van der Waals surface area contributed by atoms with E-state index in [1.54, 1.807) is 18.3 Å². The molecule has 0 atom stereocenters. The predicted octanol–water partition coefficient (Wildman–Crippen LogP) is 0.891.